The van der Waals surface area contributed by atoms with Crippen LogP contribution in [0.3, 0.4) is 0 Å². The summed E-state index contributed by atoms with van der Waals surface area (Å²) >= 11 is 0. The van der Waals surface area contributed by atoms with Crippen molar-refractivity contribution in [3.63, 3.8) is 0 Å². The molecule has 0 saturated heterocycles. The standard InChI is InChI=1S/C20H17F6NO3/c21-19(22,23)18(30,20(24,25)26)15-6-3-12(4-7-15)11-27-9-1-2-13-10-14(17(28)29)5-8-16(13)27/h3-8,10,30H,1-2,9,11H2,(H,28,29). The predicted octanol–water partition coefficient (Wildman–Crippen LogP) is 4.65. The lowest BCUT2D eigenvalue weighted by molar-refractivity contribution is -0.376. The number of benzene rings is 2. The third-order valence-electron chi connectivity index (χ3n) is 5.11. The first-order valence-electron chi connectivity index (χ1n) is 8.91. The van der Waals surface area contributed by atoms with E-state index in [0.717, 1.165) is 29.8 Å². The highest BCUT2D eigenvalue weighted by Gasteiger charge is 2.71. The quantitative estimate of drug-likeness (QED) is 0.690. The summed E-state index contributed by atoms with van der Waals surface area (Å²) in [5.41, 5.74) is -4.11. The van der Waals surface area contributed by atoms with E-state index < -0.39 is 29.5 Å². The van der Waals surface area contributed by atoms with Gasteiger partial charge in [0.2, 0.25) is 0 Å². The first kappa shape index (κ1) is 21.9. The summed E-state index contributed by atoms with van der Waals surface area (Å²) in [6, 6.07) is 8.09. The van der Waals surface area contributed by atoms with Crippen LogP contribution >= 0.6 is 0 Å². The van der Waals surface area contributed by atoms with Crippen LogP contribution in [-0.4, -0.2) is 35.1 Å². The number of hydrogen-bond donors (Lipinski definition) is 2. The van der Waals surface area contributed by atoms with Crippen LogP contribution in [0.4, 0.5) is 32.0 Å². The number of aliphatic hydroxyl groups is 1. The van der Waals surface area contributed by atoms with Crippen LogP contribution in [0.15, 0.2) is 42.5 Å². The zero-order valence-corrected chi connectivity index (χ0v) is 15.4. The van der Waals surface area contributed by atoms with E-state index in [2.05, 4.69) is 0 Å². The van der Waals surface area contributed by atoms with E-state index in [0.29, 0.717) is 30.7 Å². The van der Waals surface area contributed by atoms with Crippen molar-refractivity contribution in [3.05, 3.63) is 64.7 Å². The van der Waals surface area contributed by atoms with Crippen molar-refractivity contribution in [3.8, 4) is 0 Å². The van der Waals surface area contributed by atoms with Gasteiger partial charge in [-0.15, -0.1) is 0 Å². The van der Waals surface area contributed by atoms with Crippen LogP contribution < -0.4 is 4.90 Å². The van der Waals surface area contributed by atoms with Gasteiger partial charge in [0.15, 0.2) is 0 Å². The smallest absolute Gasteiger partial charge is 0.430 e. The molecular formula is C20H17F6NO3. The number of aromatic carboxylic acids is 1. The molecule has 0 aliphatic carbocycles. The molecule has 0 saturated carbocycles. The fraction of sp³-hybridized carbons (Fsp3) is 0.350. The molecule has 3 rings (SSSR count). The lowest BCUT2D eigenvalue weighted by Gasteiger charge is -2.33. The van der Waals surface area contributed by atoms with Gasteiger partial charge in [-0.2, -0.15) is 26.3 Å². The van der Waals surface area contributed by atoms with Crippen LogP contribution in [0.1, 0.15) is 33.5 Å². The number of anilines is 1. The van der Waals surface area contributed by atoms with Gasteiger partial charge in [0.05, 0.1) is 5.56 Å². The average Bonchev–Trinajstić information content (AvgIpc) is 2.66. The molecule has 30 heavy (non-hydrogen) atoms. The Morgan fingerprint density at radius 1 is 0.967 bits per heavy atom. The molecule has 0 amide bonds. The molecule has 1 aliphatic rings. The zero-order valence-electron chi connectivity index (χ0n) is 15.4. The molecule has 1 aliphatic heterocycles. The number of carboxylic acid groups (broad SMARTS) is 1. The minimum atomic E-state index is -5.93. The molecule has 1 heterocycles. The molecule has 0 unspecified atom stereocenters. The second kappa shape index (κ2) is 7.50. The molecule has 162 valence electrons. The second-order valence-electron chi connectivity index (χ2n) is 7.08. The van der Waals surface area contributed by atoms with E-state index in [1.807, 2.05) is 4.90 Å². The SMILES string of the molecule is O=C(O)c1ccc2c(c1)CCCN2Cc1ccc(C(O)(C(F)(F)F)C(F)(F)F)cc1. The molecule has 0 fully saturated rings. The van der Waals surface area contributed by atoms with E-state index in [1.54, 1.807) is 12.1 Å². The predicted molar refractivity (Wildman–Crippen MR) is 95.2 cm³/mol. The van der Waals surface area contributed by atoms with Crippen molar-refractivity contribution in [2.24, 2.45) is 0 Å². The maximum atomic E-state index is 13.0. The number of rotatable bonds is 4. The van der Waals surface area contributed by atoms with Crippen molar-refractivity contribution in [1.82, 2.24) is 0 Å². The van der Waals surface area contributed by atoms with E-state index >= 15 is 0 Å². The number of halogens is 6. The highest BCUT2D eigenvalue weighted by Crippen LogP contribution is 2.50. The monoisotopic (exact) mass is 433 g/mol. The number of nitrogens with zero attached hydrogens (tertiary/aromatic N) is 1. The minimum absolute atomic E-state index is 0.138. The Morgan fingerprint density at radius 3 is 2.10 bits per heavy atom. The Balaban J connectivity index is 1.86. The van der Waals surface area contributed by atoms with E-state index in [9.17, 15) is 36.2 Å². The van der Waals surface area contributed by atoms with Crippen molar-refractivity contribution >= 4 is 11.7 Å². The van der Waals surface area contributed by atoms with Gasteiger partial charge in [0, 0.05) is 24.3 Å². The van der Waals surface area contributed by atoms with Crippen LogP contribution in [0.5, 0.6) is 0 Å². The van der Waals surface area contributed by atoms with Crippen molar-refractivity contribution < 1.29 is 41.4 Å². The first-order chi connectivity index (χ1) is 13.8. The van der Waals surface area contributed by atoms with Gasteiger partial charge in [-0.1, -0.05) is 24.3 Å². The fourth-order valence-corrected chi connectivity index (χ4v) is 3.53. The van der Waals surface area contributed by atoms with Crippen molar-refractivity contribution in [2.75, 3.05) is 11.4 Å². The Labute approximate surface area is 167 Å². The Bertz CT molecular complexity index is 923. The molecule has 0 aromatic heterocycles. The summed E-state index contributed by atoms with van der Waals surface area (Å²) in [6.45, 7) is 0.798. The average molecular weight is 433 g/mol. The van der Waals surface area contributed by atoms with Crippen molar-refractivity contribution in [1.29, 1.82) is 0 Å². The lowest BCUT2D eigenvalue weighted by atomic mass is 9.91. The van der Waals surface area contributed by atoms with Gasteiger partial charge >= 0.3 is 18.3 Å². The molecule has 2 aromatic rings. The Morgan fingerprint density at radius 2 is 1.57 bits per heavy atom. The van der Waals surface area contributed by atoms with Crippen LogP contribution in [0.25, 0.3) is 0 Å². The molecular weight excluding hydrogens is 416 g/mol. The van der Waals surface area contributed by atoms with Crippen molar-refractivity contribution in [2.45, 2.75) is 37.3 Å². The van der Waals surface area contributed by atoms with Gasteiger partial charge < -0.3 is 15.1 Å². The number of carboxylic acids is 1. The molecule has 0 radical (unpaired) electrons. The summed E-state index contributed by atoms with van der Waals surface area (Å²) in [5.74, 6) is -1.06. The van der Waals surface area contributed by atoms with Gasteiger partial charge in [0.25, 0.3) is 5.60 Å². The molecule has 2 aromatic carbocycles. The number of fused-ring (bicyclic) bond motifs is 1. The highest BCUT2D eigenvalue weighted by atomic mass is 19.4. The molecule has 0 spiro atoms. The largest absolute Gasteiger partial charge is 0.478 e. The van der Waals surface area contributed by atoms with E-state index in [4.69, 9.17) is 5.11 Å². The molecule has 0 atom stereocenters. The normalized spacial score (nSPS) is 15.1. The van der Waals surface area contributed by atoms with Gasteiger partial charge in [-0.3, -0.25) is 0 Å². The summed E-state index contributed by atoms with van der Waals surface area (Å²) in [4.78, 5) is 13.0. The number of hydrogen-bond acceptors (Lipinski definition) is 3. The number of carbonyl (C=O) groups is 1. The highest BCUT2D eigenvalue weighted by molar-refractivity contribution is 5.88. The van der Waals surface area contributed by atoms with Crippen LogP contribution in [0.2, 0.25) is 0 Å². The third-order valence-corrected chi connectivity index (χ3v) is 5.11. The van der Waals surface area contributed by atoms with Gasteiger partial charge in [-0.05, 0) is 42.2 Å². The minimum Gasteiger partial charge on any atom is -0.478 e. The van der Waals surface area contributed by atoms with E-state index in [-0.39, 0.29) is 12.1 Å². The lowest BCUT2D eigenvalue weighted by Crippen LogP contribution is -2.53. The summed E-state index contributed by atoms with van der Waals surface area (Å²) < 4.78 is 78.0. The van der Waals surface area contributed by atoms with Gasteiger partial charge in [-0.25, -0.2) is 4.79 Å². The molecule has 2 N–H and O–H groups in total. The maximum Gasteiger partial charge on any atom is 0.430 e. The summed E-state index contributed by atoms with van der Waals surface area (Å²) in [6.07, 6.45) is -10.5. The fourth-order valence-electron chi connectivity index (χ4n) is 3.53. The Hall–Kier alpha value is -2.75. The summed E-state index contributed by atoms with van der Waals surface area (Å²) in [5, 5.41) is 18.6. The molecule has 4 nitrogen and oxygen atoms in total. The second-order valence-corrected chi connectivity index (χ2v) is 7.08. The zero-order chi connectivity index (χ0) is 22.3. The number of aryl methyl sites for hydroxylation is 1. The molecule has 0 bridgehead atoms. The van der Waals surface area contributed by atoms with Crippen LogP contribution in [-0.2, 0) is 18.6 Å². The third kappa shape index (κ3) is 3.83. The first-order valence-corrected chi connectivity index (χ1v) is 8.91. The maximum absolute atomic E-state index is 13.0. The van der Waals surface area contributed by atoms with Gasteiger partial charge in [0.1, 0.15) is 0 Å². The van der Waals surface area contributed by atoms with Crippen LogP contribution in [0, 0.1) is 0 Å². The van der Waals surface area contributed by atoms with E-state index in [1.165, 1.54) is 6.07 Å². The number of alkyl halides is 6. The Kier molecular flexibility index (Phi) is 5.48. The summed E-state index contributed by atoms with van der Waals surface area (Å²) in [7, 11) is 0. The molecule has 10 heteroatoms. The topological polar surface area (TPSA) is 60.8 Å².